The third-order valence-electron chi connectivity index (χ3n) is 4.57. The quantitative estimate of drug-likeness (QED) is 0.777. The van der Waals surface area contributed by atoms with Crippen LogP contribution in [0.1, 0.15) is 42.3 Å². The van der Waals surface area contributed by atoms with Crippen LogP contribution < -0.4 is 10.5 Å². The summed E-state index contributed by atoms with van der Waals surface area (Å²) in [6.45, 7) is 7.98. The van der Waals surface area contributed by atoms with Crippen molar-refractivity contribution in [2.45, 2.75) is 39.8 Å². The van der Waals surface area contributed by atoms with Gasteiger partial charge in [-0.2, -0.15) is 0 Å². The van der Waals surface area contributed by atoms with Gasteiger partial charge in [-0.15, -0.1) is 0 Å². The molecule has 0 amide bonds. The molecule has 4 nitrogen and oxygen atoms in total. The first kappa shape index (κ1) is 17.4. The number of benzene rings is 1. The Bertz CT molecular complexity index is 926. The Morgan fingerprint density at radius 2 is 1.80 bits per heavy atom. The summed E-state index contributed by atoms with van der Waals surface area (Å²) in [7, 11) is 2.14. The Morgan fingerprint density at radius 1 is 1.08 bits per heavy atom. The normalized spacial score (nSPS) is 12.7. The summed E-state index contributed by atoms with van der Waals surface area (Å²) >= 11 is 0. The number of rotatable bonds is 5. The van der Waals surface area contributed by atoms with E-state index < -0.39 is 0 Å². The average molecular weight is 336 g/mol. The minimum absolute atomic E-state index is 0.00723. The lowest BCUT2D eigenvalue weighted by atomic mass is 10.0. The monoisotopic (exact) mass is 336 g/mol. The number of aryl methyl sites for hydroxylation is 1. The molecule has 0 saturated heterocycles. The maximum Gasteiger partial charge on any atom is 0.258 e. The van der Waals surface area contributed by atoms with Gasteiger partial charge in [0.1, 0.15) is 24.4 Å². The molecule has 0 aliphatic heterocycles. The predicted molar refractivity (Wildman–Crippen MR) is 101 cm³/mol. The van der Waals surface area contributed by atoms with E-state index in [1.54, 1.807) is 10.5 Å². The van der Waals surface area contributed by atoms with Crippen molar-refractivity contribution in [1.29, 1.82) is 0 Å². The van der Waals surface area contributed by atoms with Gasteiger partial charge in [-0.05, 0) is 30.5 Å². The van der Waals surface area contributed by atoms with E-state index in [9.17, 15) is 4.79 Å². The molecule has 0 spiro atoms. The summed E-state index contributed by atoms with van der Waals surface area (Å²) < 4.78 is 1.66. The van der Waals surface area contributed by atoms with Crippen molar-refractivity contribution in [2.75, 3.05) is 7.05 Å². The molecule has 0 saturated carbocycles. The fraction of sp³-hybridized carbons (Fsp3) is 0.333. The number of pyridine rings is 1. The zero-order chi connectivity index (χ0) is 18.0. The zero-order valence-electron chi connectivity index (χ0n) is 15.4. The van der Waals surface area contributed by atoms with Gasteiger partial charge in [0.05, 0.1) is 7.05 Å². The molecule has 4 heteroatoms. The Morgan fingerprint density at radius 3 is 2.48 bits per heavy atom. The molecule has 2 heterocycles. The van der Waals surface area contributed by atoms with E-state index in [1.165, 1.54) is 16.0 Å². The average Bonchev–Trinajstić information content (AvgIpc) is 2.55. The molecule has 25 heavy (non-hydrogen) atoms. The molecule has 130 valence electrons. The molecule has 1 aromatic carbocycles. The predicted octanol–water partition coefficient (Wildman–Crippen LogP) is 2.34. The van der Waals surface area contributed by atoms with Crippen molar-refractivity contribution in [2.24, 2.45) is 0 Å². The SMILES string of the molecule is Cc1cccc2nc(C[NH+](C)Cc3ccc(C(C)C)cc3)cc(=O)n12. The third-order valence-corrected chi connectivity index (χ3v) is 4.57. The topological polar surface area (TPSA) is 38.8 Å². The maximum atomic E-state index is 12.4. The van der Waals surface area contributed by atoms with Crippen molar-refractivity contribution in [1.82, 2.24) is 9.38 Å². The van der Waals surface area contributed by atoms with Crippen molar-refractivity contribution in [3.63, 3.8) is 0 Å². The zero-order valence-corrected chi connectivity index (χ0v) is 15.4. The third kappa shape index (κ3) is 3.97. The van der Waals surface area contributed by atoms with E-state index >= 15 is 0 Å². The summed E-state index contributed by atoms with van der Waals surface area (Å²) in [6, 6.07) is 16.2. The number of hydrogen-bond donors (Lipinski definition) is 1. The fourth-order valence-electron chi connectivity index (χ4n) is 3.19. The molecular formula is C21H26N3O+. The molecule has 1 atom stereocenters. The summed E-state index contributed by atoms with van der Waals surface area (Å²) in [6.07, 6.45) is 0. The molecule has 0 aliphatic rings. The number of nitrogens with one attached hydrogen (secondary N) is 1. The molecule has 0 fully saturated rings. The number of quaternary nitrogens is 1. The minimum Gasteiger partial charge on any atom is -0.329 e. The van der Waals surface area contributed by atoms with Crippen molar-refractivity contribution < 1.29 is 4.90 Å². The Hall–Kier alpha value is -2.46. The van der Waals surface area contributed by atoms with Gasteiger partial charge in [0, 0.05) is 17.3 Å². The second kappa shape index (κ2) is 7.19. The first-order valence-corrected chi connectivity index (χ1v) is 8.82. The molecule has 2 aromatic heterocycles. The highest BCUT2D eigenvalue weighted by atomic mass is 16.1. The highest BCUT2D eigenvalue weighted by molar-refractivity contribution is 5.40. The fourth-order valence-corrected chi connectivity index (χ4v) is 3.19. The smallest absolute Gasteiger partial charge is 0.258 e. The number of aromatic nitrogens is 2. The van der Waals surface area contributed by atoms with E-state index in [0.717, 1.165) is 30.1 Å². The first-order valence-electron chi connectivity index (χ1n) is 8.82. The summed E-state index contributed by atoms with van der Waals surface area (Å²) in [5, 5.41) is 0. The van der Waals surface area contributed by atoms with Crippen LogP contribution >= 0.6 is 0 Å². The van der Waals surface area contributed by atoms with Gasteiger partial charge in [0.15, 0.2) is 0 Å². The molecule has 0 aliphatic carbocycles. The Kier molecular flexibility index (Phi) is 5.00. The van der Waals surface area contributed by atoms with Crippen molar-refractivity contribution >= 4 is 5.65 Å². The van der Waals surface area contributed by atoms with Crippen LogP contribution in [0, 0.1) is 6.92 Å². The second-order valence-corrected chi connectivity index (χ2v) is 7.15. The van der Waals surface area contributed by atoms with Crippen LogP contribution in [-0.4, -0.2) is 16.4 Å². The van der Waals surface area contributed by atoms with E-state index in [-0.39, 0.29) is 5.56 Å². The van der Waals surface area contributed by atoms with E-state index in [2.05, 4.69) is 50.1 Å². The van der Waals surface area contributed by atoms with Crippen molar-refractivity contribution in [3.8, 4) is 0 Å². The van der Waals surface area contributed by atoms with E-state index in [0.29, 0.717) is 5.92 Å². The van der Waals surface area contributed by atoms with E-state index in [4.69, 9.17) is 0 Å². The summed E-state index contributed by atoms with van der Waals surface area (Å²) in [4.78, 5) is 18.3. The molecule has 1 N–H and O–H groups in total. The van der Waals surface area contributed by atoms with Crippen LogP contribution in [-0.2, 0) is 13.1 Å². The molecule has 0 bridgehead atoms. The lowest BCUT2D eigenvalue weighted by Gasteiger charge is -2.15. The van der Waals surface area contributed by atoms with Gasteiger partial charge >= 0.3 is 0 Å². The Balaban J connectivity index is 1.75. The second-order valence-electron chi connectivity index (χ2n) is 7.15. The maximum absolute atomic E-state index is 12.4. The lowest BCUT2D eigenvalue weighted by molar-refractivity contribution is -0.908. The van der Waals surface area contributed by atoms with Gasteiger partial charge in [0.25, 0.3) is 5.56 Å². The number of fused-ring (bicyclic) bond motifs is 1. The standard InChI is InChI=1S/C21H25N3O/c1-15(2)18-10-8-17(9-11-18)13-23(4)14-19-12-21(25)24-16(3)6-5-7-20(24)22-19/h5-12,15H,13-14H2,1-4H3/p+1. The van der Waals surface area contributed by atoms with Crippen LogP contribution in [0.5, 0.6) is 0 Å². The summed E-state index contributed by atoms with van der Waals surface area (Å²) in [5.41, 5.74) is 5.12. The van der Waals surface area contributed by atoms with Crippen molar-refractivity contribution in [3.05, 3.63) is 81.4 Å². The largest absolute Gasteiger partial charge is 0.329 e. The minimum atomic E-state index is -0.00723. The molecular weight excluding hydrogens is 310 g/mol. The summed E-state index contributed by atoms with van der Waals surface area (Å²) in [5.74, 6) is 0.553. The lowest BCUT2D eigenvalue weighted by Crippen LogP contribution is -3.06. The van der Waals surface area contributed by atoms with Crippen LogP contribution in [0.2, 0.25) is 0 Å². The van der Waals surface area contributed by atoms with Crippen LogP contribution in [0.3, 0.4) is 0 Å². The Labute approximate surface area is 148 Å². The van der Waals surface area contributed by atoms with Gasteiger partial charge in [-0.25, -0.2) is 4.98 Å². The van der Waals surface area contributed by atoms with E-state index in [1.807, 2.05) is 25.1 Å². The van der Waals surface area contributed by atoms with Crippen LogP contribution in [0.15, 0.2) is 53.3 Å². The highest BCUT2D eigenvalue weighted by Crippen LogP contribution is 2.14. The number of hydrogen-bond acceptors (Lipinski definition) is 2. The highest BCUT2D eigenvalue weighted by Gasteiger charge is 2.10. The molecule has 3 aromatic rings. The van der Waals surface area contributed by atoms with Gasteiger partial charge in [-0.3, -0.25) is 9.20 Å². The first-order chi connectivity index (χ1) is 11.9. The number of nitrogens with zero attached hydrogens (tertiary/aromatic N) is 2. The van der Waals surface area contributed by atoms with Crippen LogP contribution in [0.25, 0.3) is 5.65 Å². The molecule has 1 unspecified atom stereocenters. The van der Waals surface area contributed by atoms with Gasteiger partial charge < -0.3 is 4.90 Å². The van der Waals surface area contributed by atoms with Gasteiger partial charge in [0.2, 0.25) is 0 Å². The molecule has 0 radical (unpaired) electrons. The van der Waals surface area contributed by atoms with Gasteiger partial charge in [-0.1, -0.05) is 44.2 Å². The molecule has 3 rings (SSSR count). The van der Waals surface area contributed by atoms with Crippen LogP contribution in [0.4, 0.5) is 0 Å².